The molecule has 9 heteroatoms. The van der Waals surface area contributed by atoms with Gasteiger partial charge in [-0.1, -0.05) is 0 Å². The monoisotopic (exact) mass is 390 g/mol. The molecular formula is C18H22N4O4S. The third-order valence-electron chi connectivity index (χ3n) is 4.41. The Morgan fingerprint density at radius 1 is 1.37 bits per heavy atom. The number of aromatic nitrogens is 1. The first-order valence-corrected chi connectivity index (χ1v) is 9.60. The van der Waals surface area contributed by atoms with E-state index in [-0.39, 0.29) is 25.0 Å². The molecule has 1 fully saturated rings. The molecule has 1 saturated heterocycles. The van der Waals surface area contributed by atoms with E-state index in [1.165, 1.54) is 11.3 Å². The molecule has 27 heavy (non-hydrogen) atoms. The third kappa shape index (κ3) is 4.61. The van der Waals surface area contributed by atoms with Crippen LogP contribution in [0, 0.1) is 6.92 Å². The average molecular weight is 390 g/mol. The van der Waals surface area contributed by atoms with Crippen LogP contribution in [0.3, 0.4) is 0 Å². The molecule has 8 nitrogen and oxygen atoms in total. The fraction of sp³-hybridized carbons (Fsp3) is 0.444. The van der Waals surface area contributed by atoms with Gasteiger partial charge in [-0.2, -0.15) is 0 Å². The first kappa shape index (κ1) is 19.2. The first-order valence-electron chi connectivity index (χ1n) is 8.79. The molecule has 144 valence electrons. The molecular weight excluding hydrogens is 368 g/mol. The zero-order valence-corrected chi connectivity index (χ0v) is 15.9. The minimum Gasteiger partial charge on any atom is -0.454 e. The smallest absolute Gasteiger partial charge is 0.325 e. The molecule has 0 aromatic carbocycles. The summed E-state index contributed by atoms with van der Waals surface area (Å²) in [4.78, 5) is 42.5. The van der Waals surface area contributed by atoms with Crippen LogP contribution in [-0.2, 0) is 14.3 Å². The van der Waals surface area contributed by atoms with Crippen molar-refractivity contribution in [1.82, 2.24) is 15.2 Å². The number of esters is 1. The van der Waals surface area contributed by atoms with E-state index < -0.39 is 12.0 Å². The second kappa shape index (κ2) is 8.45. The van der Waals surface area contributed by atoms with E-state index in [0.29, 0.717) is 18.0 Å². The van der Waals surface area contributed by atoms with Crippen molar-refractivity contribution in [2.24, 2.45) is 5.73 Å². The van der Waals surface area contributed by atoms with Gasteiger partial charge in [-0.25, -0.2) is 0 Å². The summed E-state index contributed by atoms with van der Waals surface area (Å²) in [7, 11) is 0. The lowest BCUT2D eigenvalue weighted by Gasteiger charge is -2.16. The fourth-order valence-electron chi connectivity index (χ4n) is 2.85. The Labute approximate surface area is 160 Å². The quantitative estimate of drug-likeness (QED) is 0.706. The molecule has 0 radical (unpaired) electrons. The van der Waals surface area contributed by atoms with Crippen molar-refractivity contribution in [3.63, 3.8) is 0 Å². The van der Waals surface area contributed by atoms with Crippen LogP contribution in [0.25, 0.3) is 10.2 Å². The van der Waals surface area contributed by atoms with Crippen LogP contribution < -0.4 is 11.1 Å². The fourth-order valence-corrected chi connectivity index (χ4v) is 3.85. The molecule has 2 amide bonds. The van der Waals surface area contributed by atoms with Gasteiger partial charge < -0.3 is 20.7 Å². The molecule has 3 rings (SSSR count). The van der Waals surface area contributed by atoms with Crippen LogP contribution in [0.4, 0.5) is 0 Å². The molecule has 3 heterocycles. The standard InChI is InChI=1S/C18H22N4O4S/c1-11-4-5-20-13-8-14(27-16(11)13)17(24)21-9-12(19)18(25)26-10-15(23)22-6-2-3-7-22/h4-5,8,12H,2-3,6-7,9-10,19H2,1H3,(H,21,24). The number of fused-ring (bicyclic) bond motifs is 1. The molecule has 0 saturated carbocycles. The van der Waals surface area contributed by atoms with E-state index in [1.54, 1.807) is 17.2 Å². The normalized spacial score (nSPS) is 15.0. The van der Waals surface area contributed by atoms with E-state index >= 15 is 0 Å². The summed E-state index contributed by atoms with van der Waals surface area (Å²) in [5.74, 6) is -1.25. The number of rotatable bonds is 6. The Bertz CT molecular complexity index is 860. The van der Waals surface area contributed by atoms with Crippen molar-refractivity contribution >= 4 is 39.3 Å². The van der Waals surface area contributed by atoms with Gasteiger partial charge in [0.1, 0.15) is 6.04 Å². The van der Waals surface area contributed by atoms with E-state index in [2.05, 4.69) is 10.3 Å². The van der Waals surface area contributed by atoms with Gasteiger partial charge in [0.05, 0.1) is 15.1 Å². The summed E-state index contributed by atoms with van der Waals surface area (Å²) in [6.45, 7) is 2.96. The maximum absolute atomic E-state index is 12.3. The van der Waals surface area contributed by atoms with E-state index in [0.717, 1.165) is 28.6 Å². The number of carbonyl (C=O) groups is 3. The number of pyridine rings is 1. The minimum atomic E-state index is -1.03. The number of ether oxygens (including phenoxy) is 1. The molecule has 2 aromatic heterocycles. The maximum Gasteiger partial charge on any atom is 0.325 e. The SMILES string of the molecule is Cc1ccnc2cc(C(=O)NCC(N)C(=O)OCC(=O)N3CCCC3)sc12. The predicted molar refractivity (Wildman–Crippen MR) is 101 cm³/mol. The Morgan fingerprint density at radius 3 is 2.81 bits per heavy atom. The van der Waals surface area contributed by atoms with E-state index in [9.17, 15) is 14.4 Å². The summed E-state index contributed by atoms with van der Waals surface area (Å²) < 4.78 is 5.92. The van der Waals surface area contributed by atoms with Crippen LogP contribution in [0.15, 0.2) is 18.3 Å². The van der Waals surface area contributed by atoms with Crippen LogP contribution in [0.2, 0.25) is 0 Å². The highest BCUT2D eigenvalue weighted by Gasteiger charge is 2.22. The van der Waals surface area contributed by atoms with Gasteiger partial charge in [-0.05, 0) is 37.5 Å². The van der Waals surface area contributed by atoms with Crippen LogP contribution >= 0.6 is 11.3 Å². The molecule has 1 atom stereocenters. The van der Waals surface area contributed by atoms with Gasteiger partial charge in [0, 0.05) is 25.8 Å². The van der Waals surface area contributed by atoms with Crippen molar-refractivity contribution in [2.45, 2.75) is 25.8 Å². The van der Waals surface area contributed by atoms with Crippen molar-refractivity contribution in [3.05, 3.63) is 28.8 Å². The zero-order chi connectivity index (χ0) is 19.4. The maximum atomic E-state index is 12.3. The number of amides is 2. The number of aryl methyl sites for hydroxylation is 1. The highest BCUT2D eigenvalue weighted by Crippen LogP contribution is 2.26. The van der Waals surface area contributed by atoms with Gasteiger partial charge in [0.2, 0.25) is 0 Å². The lowest BCUT2D eigenvalue weighted by Crippen LogP contribution is -2.44. The largest absolute Gasteiger partial charge is 0.454 e. The second-order valence-electron chi connectivity index (χ2n) is 6.46. The van der Waals surface area contributed by atoms with Gasteiger partial charge in [-0.15, -0.1) is 11.3 Å². The Kier molecular flexibility index (Phi) is 6.02. The average Bonchev–Trinajstić information content (AvgIpc) is 3.33. The van der Waals surface area contributed by atoms with Crippen LogP contribution in [0.1, 0.15) is 28.1 Å². The summed E-state index contributed by atoms with van der Waals surface area (Å²) >= 11 is 1.34. The summed E-state index contributed by atoms with van der Waals surface area (Å²) in [5.41, 5.74) is 7.57. The van der Waals surface area contributed by atoms with Crippen molar-refractivity contribution in [2.75, 3.05) is 26.2 Å². The first-order chi connectivity index (χ1) is 13.0. The lowest BCUT2D eigenvalue weighted by molar-refractivity contribution is -0.152. The molecule has 2 aromatic rings. The summed E-state index contributed by atoms with van der Waals surface area (Å²) in [5, 5.41) is 2.63. The topological polar surface area (TPSA) is 115 Å². The van der Waals surface area contributed by atoms with E-state index in [4.69, 9.17) is 10.5 Å². The minimum absolute atomic E-state index is 0.0732. The van der Waals surface area contributed by atoms with Gasteiger partial charge in [-0.3, -0.25) is 19.4 Å². The number of nitrogens with one attached hydrogen (secondary N) is 1. The van der Waals surface area contributed by atoms with Crippen LogP contribution in [-0.4, -0.2) is 60.0 Å². The number of thiophene rings is 1. The molecule has 0 spiro atoms. The summed E-state index contributed by atoms with van der Waals surface area (Å²) in [6.07, 6.45) is 3.64. The van der Waals surface area contributed by atoms with Gasteiger partial charge >= 0.3 is 5.97 Å². The number of hydrogen-bond acceptors (Lipinski definition) is 7. The van der Waals surface area contributed by atoms with Gasteiger partial charge in [0.15, 0.2) is 6.61 Å². The van der Waals surface area contributed by atoms with Gasteiger partial charge in [0.25, 0.3) is 11.8 Å². The Balaban J connectivity index is 1.47. The van der Waals surface area contributed by atoms with Crippen molar-refractivity contribution < 1.29 is 19.1 Å². The molecule has 1 aliphatic heterocycles. The highest BCUT2D eigenvalue weighted by atomic mass is 32.1. The number of nitrogens with zero attached hydrogens (tertiary/aromatic N) is 2. The number of nitrogens with two attached hydrogens (primary N) is 1. The number of hydrogen-bond donors (Lipinski definition) is 2. The zero-order valence-electron chi connectivity index (χ0n) is 15.1. The number of carbonyl (C=O) groups excluding carboxylic acids is 3. The molecule has 0 aliphatic carbocycles. The number of likely N-dealkylation sites (tertiary alicyclic amines) is 1. The Morgan fingerprint density at radius 2 is 2.11 bits per heavy atom. The van der Waals surface area contributed by atoms with E-state index in [1.807, 2.05) is 13.0 Å². The van der Waals surface area contributed by atoms with Crippen LogP contribution in [0.5, 0.6) is 0 Å². The predicted octanol–water partition coefficient (Wildman–Crippen LogP) is 0.827. The lowest BCUT2D eigenvalue weighted by atomic mass is 10.2. The molecule has 0 bridgehead atoms. The molecule has 3 N–H and O–H groups in total. The summed E-state index contributed by atoms with van der Waals surface area (Å²) in [6, 6.07) is 2.56. The Hall–Kier alpha value is -2.52. The third-order valence-corrected chi connectivity index (χ3v) is 5.67. The highest BCUT2D eigenvalue weighted by molar-refractivity contribution is 7.21. The van der Waals surface area contributed by atoms with Crippen molar-refractivity contribution in [1.29, 1.82) is 0 Å². The van der Waals surface area contributed by atoms with Crippen molar-refractivity contribution in [3.8, 4) is 0 Å². The molecule has 1 aliphatic rings. The molecule has 1 unspecified atom stereocenters. The second-order valence-corrected chi connectivity index (χ2v) is 7.52.